The predicted molar refractivity (Wildman–Crippen MR) is 107 cm³/mol. The molecule has 0 radical (unpaired) electrons. The van der Waals surface area contributed by atoms with Crippen molar-refractivity contribution in [3.05, 3.63) is 30.1 Å². The Morgan fingerprint density at radius 2 is 1.77 bits per heavy atom. The first kappa shape index (κ1) is 23.1. The Hall–Kier alpha value is -1.60. The largest absolute Gasteiger partial charge is 0.368 e. The third-order valence-electron chi connectivity index (χ3n) is 5.33. The first-order valence-corrected chi connectivity index (χ1v) is 12.8. The van der Waals surface area contributed by atoms with Crippen LogP contribution in [0.25, 0.3) is 0 Å². The maximum atomic E-state index is 13.0. The summed E-state index contributed by atoms with van der Waals surface area (Å²) >= 11 is 0. The fourth-order valence-electron chi connectivity index (χ4n) is 3.44. The summed E-state index contributed by atoms with van der Waals surface area (Å²) in [4.78, 5) is 13.9. The van der Waals surface area contributed by atoms with Crippen molar-refractivity contribution in [2.24, 2.45) is 0 Å². The molecule has 1 amide bonds. The lowest BCUT2D eigenvalue weighted by Gasteiger charge is -2.35. The summed E-state index contributed by atoms with van der Waals surface area (Å²) in [5, 5.41) is 0. The monoisotopic (exact) mass is 463 g/mol. The van der Waals surface area contributed by atoms with Gasteiger partial charge in [-0.05, 0) is 37.1 Å². The van der Waals surface area contributed by atoms with Crippen molar-refractivity contribution in [1.29, 1.82) is 0 Å². The van der Waals surface area contributed by atoms with Crippen LogP contribution in [0.5, 0.6) is 0 Å². The van der Waals surface area contributed by atoms with Crippen molar-refractivity contribution in [3.8, 4) is 0 Å². The second kappa shape index (κ2) is 9.27. The zero-order valence-corrected chi connectivity index (χ0v) is 18.4. The maximum Gasteiger partial charge on any atom is 0.251 e. The summed E-state index contributed by atoms with van der Waals surface area (Å²) in [7, 11) is -6.34. The molecule has 0 N–H and O–H groups in total. The summed E-state index contributed by atoms with van der Waals surface area (Å²) < 4.78 is 71.0. The van der Waals surface area contributed by atoms with Crippen LogP contribution < -0.4 is 0 Å². The Balaban J connectivity index is 1.54. The molecule has 1 aromatic rings. The molecule has 0 saturated carbocycles. The van der Waals surface area contributed by atoms with Gasteiger partial charge in [0.25, 0.3) is 5.91 Å². The fourth-order valence-corrected chi connectivity index (χ4v) is 6.21. The number of halogens is 1. The zero-order valence-electron chi connectivity index (χ0n) is 16.7. The standard InChI is InChI=1S/C18H26FN3O6S2/c1-20(30(26,27)16-6-4-15(19)5-7-16)12-14-29(24,25)22-10-8-21(9-11-22)18(23)17-3-2-13-28-17/h4-7,17H,2-3,8-14H2,1H3/t17-/m0/s1. The molecule has 2 aliphatic rings. The Kier molecular flexibility index (Phi) is 7.13. The van der Waals surface area contributed by atoms with E-state index in [2.05, 4.69) is 0 Å². The molecule has 3 rings (SSSR count). The van der Waals surface area contributed by atoms with Gasteiger partial charge in [-0.2, -0.15) is 8.61 Å². The van der Waals surface area contributed by atoms with Gasteiger partial charge in [0, 0.05) is 46.4 Å². The van der Waals surface area contributed by atoms with E-state index in [0.717, 1.165) is 35.0 Å². The van der Waals surface area contributed by atoms with Gasteiger partial charge in [0.15, 0.2) is 0 Å². The molecular formula is C18H26FN3O6S2. The summed E-state index contributed by atoms with van der Waals surface area (Å²) in [6, 6.07) is 4.35. The van der Waals surface area contributed by atoms with Gasteiger partial charge in [0.1, 0.15) is 11.9 Å². The third-order valence-corrected chi connectivity index (χ3v) is 9.06. The van der Waals surface area contributed by atoms with E-state index in [4.69, 9.17) is 4.74 Å². The number of rotatable bonds is 7. The molecule has 9 nitrogen and oxygen atoms in total. The topological polar surface area (TPSA) is 104 Å². The van der Waals surface area contributed by atoms with Crippen LogP contribution in [-0.2, 0) is 29.6 Å². The fraction of sp³-hybridized carbons (Fsp3) is 0.611. The molecule has 2 aliphatic heterocycles. The van der Waals surface area contributed by atoms with Gasteiger partial charge in [-0.25, -0.2) is 21.2 Å². The van der Waals surface area contributed by atoms with E-state index < -0.39 is 32.0 Å². The number of benzene rings is 1. The highest BCUT2D eigenvalue weighted by atomic mass is 32.2. The van der Waals surface area contributed by atoms with Crippen molar-refractivity contribution >= 4 is 26.0 Å². The first-order chi connectivity index (χ1) is 14.1. The summed E-state index contributed by atoms with van der Waals surface area (Å²) in [5.74, 6) is -1.05. The SMILES string of the molecule is CN(CCS(=O)(=O)N1CCN(C(=O)[C@@H]2CCCO2)CC1)S(=O)(=O)c1ccc(F)cc1. The molecule has 0 bridgehead atoms. The highest BCUT2D eigenvalue weighted by Gasteiger charge is 2.34. The van der Waals surface area contributed by atoms with Crippen LogP contribution in [0.2, 0.25) is 0 Å². The Morgan fingerprint density at radius 3 is 2.33 bits per heavy atom. The lowest BCUT2D eigenvalue weighted by atomic mass is 10.2. The molecule has 12 heteroatoms. The van der Waals surface area contributed by atoms with Crippen LogP contribution in [0.3, 0.4) is 0 Å². The van der Waals surface area contributed by atoms with Crippen molar-refractivity contribution in [2.45, 2.75) is 23.8 Å². The Labute approximate surface area is 176 Å². The number of piperazine rings is 1. The summed E-state index contributed by atoms with van der Waals surface area (Å²) in [6.45, 7) is 1.21. The lowest BCUT2D eigenvalue weighted by molar-refractivity contribution is -0.142. The van der Waals surface area contributed by atoms with Crippen LogP contribution in [0, 0.1) is 5.82 Å². The van der Waals surface area contributed by atoms with Crippen molar-refractivity contribution in [1.82, 2.24) is 13.5 Å². The van der Waals surface area contributed by atoms with Gasteiger partial charge >= 0.3 is 0 Å². The van der Waals surface area contributed by atoms with Gasteiger partial charge in [-0.15, -0.1) is 0 Å². The predicted octanol–water partition coefficient (Wildman–Crippen LogP) is 0.0992. The number of hydrogen-bond acceptors (Lipinski definition) is 6. The second-order valence-electron chi connectivity index (χ2n) is 7.32. The quantitative estimate of drug-likeness (QED) is 0.568. The molecule has 1 atom stereocenters. The molecule has 168 valence electrons. The molecule has 2 saturated heterocycles. The normalized spacial score (nSPS) is 21.3. The van der Waals surface area contributed by atoms with Crippen LogP contribution in [0.1, 0.15) is 12.8 Å². The molecule has 30 heavy (non-hydrogen) atoms. The van der Waals surface area contributed by atoms with Gasteiger partial charge in [-0.3, -0.25) is 4.79 Å². The maximum absolute atomic E-state index is 13.0. The molecule has 0 spiro atoms. The minimum absolute atomic E-state index is 0.102. The van der Waals surface area contributed by atoms with Crippen LogP contribution in [0.4, 0.5) is 4.39 Å². The lowest BCUT2D eigenvalue weighted by Crippen LogP contribution is -2.53. The molecule has 2 heterocycles. The van der Waals surface area contributed by atoms with E-state index in [0.29, 0.717) is 13.0 Å². The van der Waals surface area contributed by atoms with Crippen LogP contribution in [0.15, 0.2) is 29.2 Å². The molecule has 1 aromatic carbocycles. The zero-order chi connectivity index (χ0) is 21.9. The molecule has 0 aromatic heterocycles. The molecule has 0 aliphatic carbocycles. The van der Waals surface area contributed by atoms with Gasteiger partial charge in [0.2, 0.25) is 20.0 Å². The summed E-state index contributed by atoms with van der Waals surface area (Å²) in [6.07, 6.45) is 1.10. The van der Waals surface area contributed by atoms with E-state index in [1.807, 2.05) is 0 Å². The van der Waals surface area contributed by atoms with Crippen LogP contribution >= 0.6 is 0 Å². The number of ether oxygens (including phenoxy) is 1. The van der Waals surface area contributed by atoms with Crippen molar-refractivity contribution in [2.75, 3.05) is 52.1 Å². The molecular weight excluding hydrogens is 437 g/mol. The van der Waals surface area contributed by atoms with E-state index in [1.165, 1.54) is 11.4 Å². The van der Waals surface area contributed by atoms with Gasteiger partial charge < -0.3 is 9.64 Å². The average molecular weight is 464 g/mol. The molecule has 0 unspecified atom stereocenters. The number of carbonyl (C=O) groups is 1. The van der Waals surface area contributed by atoms with Crippen molar-refractivity contribution < 1.29 is 30.8 Å². The average Bonchev–Trinajstić information content (AvgIpc) is 3.27. The smallest absolute Gasteiger partial charge is 0.251 e. The highest BCUT2D eigenvalue weighted by molar-refractivity contribution is 7.90. The first-order valence-electron chi connectivity index (χ1n) is 9.71. The minimum atomic E-state index is -3.92. The second-order valence-corrected chi connectivity index (χ2v) is 11.5. The third kappa shape index (κ3) is 5.17. The molecule has 2 fully saturated rings. The number of sulfonamides is 2. The van der Waals surface area contributed by atoms with E-state index in [9.17, 15) is 26.0 Å². The summed E-state index contributed by atoms with van der Waals surface area (Å²) in [5.41, 5.74) is 0. The Bertz CT molecular complexity index is 954. The number of amides is 1. The van der Waals surface area contributed by atoms with Gasteiger partial charge in [0.05, 0.1) is 10.6 Å². The number of hydrogen-bond donors (Lipinski definition) is 0. The van der Waals surface area contributed by atoms with E-state index in [1.54, 1.807) is 4.90 Å². The highest BCUT2D eigenvalue weighted by Crippen LogP contribution is 2.18. The van der Waals surface area contributed by atoms with E-state index >= 15 is 0 Å². The number of nitrogens with zero attached hydrogens (tertiary/aromatic N) is 3. The number of carbonyl (C=O) groups excluding carboxylic acids is 1. The van der Waals surface area contributed by atoms with Crippen LogP contribution in [-0.4, -0.2) is 94.5 Å². The Morgan fingerprint density at radius 1 is 1.13 bits per heavy atom. The minimum Gasteiger partial charge on any atom is -0.368 e. The van der Waals surface area contributed by atoms with Crippen molar-refractivity contribution in [3.63, 3.8) is 0 Å². The van der Waals surface area contributed by atoms with Gasteiger partial charge in [-0.1, -0.05) is 0 Å². The van der Waals surface area contributed by atoms with E-state index in [-0.39, 0.29) is 49.3 Å².